The zero-order valence-corrected chi connectivity index (χ0v) is 8.14. The van der Waals surface area contributed by atoms with Crippen LogP contribution in [0.4, 0.5) is 0 Å². The first-order valence-corrected chi connectivity index (χ1v) is 3.78. The molecule has 0 bridgehead atoms. The molecule has 0 aliphatic carbocycles. The summed E-state index contributed by atoms with van der Waals surface area (Å²) >= 11 is 0. The molecular formula is C8H17LiO2. The molecule has 0 aromatic rings. The number of ether oxygens (including phenoxy) is 1. The molecule has 0 radical (unpaired) electrons. The van der Waals surface area contributed by atoms with E-state index in [1.54, 1.807) is 0 Å². The molecule has 11 heavy (non-hydrogen) atoms. The van der Waals surface area contributed by atoms with Gasteiger partial charge in [-0.1, -0.05) is 6.42 Å². The minimum absolute atomic E-state index is 0. The number of unbranched alkanes of at least 4 members (excludes halogenated alkanes) is 1. The van der Waals surface area contributed by atoms with Gasteiger partial charge in [0.25, 0.3) is 0 Å². The first-order chi connectivity index (χ1) is 4.56. The normalized spacial score (nSPS) is 10.9. The van der Waals surface area contributed by atoms with Gasteiger partial charge in [-0.25, -0.2) is 0 Å². The van der Waals surface area contributed by atoms with Gasteiger partial charge in [0.1, 0.15) is 0 Å². The van der Waals surface area contributed by atoms with Gasteiger partial charge in [-0.05, 0) is 27.2 Å². The Labute approximate surface area is 81.5 Å². The van der Waals surface area contributed by atoms with Crippen molar-refractivity contribution in [1.82, 2.24) is 0 Å². The SMILES string of the molecule is CC(C)(C)OCCCC[O-].[Li+]. The van der Waals surface area contributed by atoms with Crippen molar-refractivity contribution in [3.05, 3.63) is 0 Å². The van der Waals surface area contributed by atoms with Crippen molar-refractivity contribution in [1.29, 1.82) is 0 Å². The summed E-state index contributed by atoms with van der Waals surface area (Å²) in [6, 6.07) is 0. The van der Waals surface area contributed by atoms with Crippen molar-refractivity contribution in [3.8, 4) is 0 Å². The second-order valence-corrected chi connectivity index (χ2v) is 3.37. The summed E-state index contributed by atoms with van der Waals surface area (Å²) in [5.74, 6) is 0. The van der Waals surface area contributed by atoms with Crippen LogP contribution in [0.2, 0.25) is 0 Å². The van der Waals surface area contributed by atoms with Gasteiger partial charge < -0.3 is 9.84 Å². The Morgan fingerprint density at radius 3 is 2.09 bits per heavy atom. The average molecular weight is 152 g/mol. The summed E-state index contributed by atoms with van der Waals surface area (Å²) in [4.78, 5) is 0. The van der Waals surface area contributed by atoms with E-state index in [2.05, 4.69) is 0 Å². The first-order valence-electron chi connectivity index (χ1n) is 3.78. The quantitative estimate of drug-likeness (QED) is 0.343. The molecule has 0 aliphatic heterocycles. The van der Waals surface area contributed by atoms with Gasteiger partial charge in [0.2, 0.25) is 0 Å². The number of rotatable bonds is 4. The Morgan fingerprint density at radius 1 is 1.18 bits per heavy atom. The van der Waals surface area contributed by atoms with E-state index >= 15 is 0 Å². The van der Waals surface area contributed by atoms with E-state index in [1.807, 2.05) is 20.8 Å². The first kappa shape index (κ1) is 14.1. The van der Waals surface area contributed by atoms with Crippen LogP contribution in [0.1, 0.15) is 33.6 Å². The molecule has 0 aliphatic rings. The van der Waals surface area contributed by atoms with Gasteiger partial charge in [0.15, 0.2) is 0 Å². The largest absolute Gasteiger partial charge is 1.00 e. The molecule has 0 N–H and O–H groups in total. The molecular weight excluding hydrogens is 135 g/mol. The standard InChI is InChI=1S/C8H17O2.Li/c1-8(2,3)10-7-5-4-6-9;/h4-7H2,1-3H3;/q-1;+1. The van der Waals surface area contributed by atoms with Gasteiger partial charge in [0.05, 0.1) is 5.60 Å². The van der Waals surface area contributed by atoms with Crippen LogP contribution < -0.4 is 24.0 Å². The average Bonchev–Trinajstić information content (AvgIpc) is 1.78. The molecule has 0 aromatic heterocycles. The van der Waals surface area contributed by atoms with E-state index in [0.717, 1.165) is 12.8 Å². The molecule has 0 spiro atoms. The molecule has 3 heteroatoms. The second kappa shape index (κ2) is 7.18. The van der Waals surface area contributed by atoms with Crippen LogP contribution in [0.15, 0.2) is 0 Å². The zero-order valence-electron chi connectivity index (χ0n) is 8.14. The van der Waals surface area contributed by atoms with Crippen molar-refractivity contribution in [2.75, 3.05) is 13.2 Å². The third-order valence-corrected chi connectivity index (χ3v) is 1.07. The van der Waals surface area contributed by atoms with Crippen molar-refractivity contribution in [3.63, 3.8) is 0 Å². The van der Waals surface area contributed by atoms with Gasteiger partial charge in [-0.2, -0.15) is 0 Å². The fraction of sp³-hybridized carbons (Fsp3) is 1.00. The van der Waals surface area contributed by atoms with E-state index in [1.165, 1.54) is 0 Å². The molecule has 0 saturated carbocycles. The van der Waals surface area contributed by atoms with E-state index in [0.29, 0.717) is 6.61 Å². The fourth-order valence-electron chi connectivity index (χ4n) is 0.582. The molecule has 0 rings (SSSR count). The third-order valence-electron chi connectivity index (χ3n) is 1.07. The summed E-state index contributed by atoms with van der Waals surface area (Å²) in [5, 5.41) is 10.00. The minimum Gasteiger partial charge on any atom is -0.854 e. The van der Waals surface area contributed by atoms with E-state index in [-0.39, 0.29) is 31.1 Å². The molecule has 0 fully saturated rings. The van der Waals surface area contributed by atoms with Crippen LogP contribution in [0.5, 0.6) is 0 Å². The Hall–Kier alpha value is 0.517. The van der Waals surface area contributed by atoms with Crippen molar-refractivity contribution >= 4 is 0 Å². The van der Waals surface area contributed by atoms with Crippen molar-refractivity contribution in [2.24, 2.45) is 0 Å². The van der Waals surface area contributed by atoms with Crippen LogP contribution in [0, 0.1) is 0 Å². The molecule has 62 valence electrons. The third kappa shape index (κ3) is 13.5. The minimum atomic E-state index is -0.0527. The smallest absolute Gasteiger partial charge is 0.854 e. The maximum absolute atomic E-state index is 10.00. The topological polar surface area (TPSA) is 32.3 Å². The summed E-state index contributed by atoms with van der Waals surface area (Å²) in [5.41, 5.74) is -0.0527. The van der Waals surface area contributed by atoms with Crippen LogP contribution in [-0.2, 0) is 4.74 Å². The monoisotopic (exact) mass is 152 g/mol. The maximum Gasteiger partial charge on any atom is 1.00 e. The number of hydrogen-bond acceptors (Lipinski definition) is 2. The molecule has 0 saturated heterocycles. The van der Waals surface area contributed by atoms with Gasteiger partial charge in [-0.3, -0.25) is 0 Å². The maximum atomic E-state index is 10.00. The fourth-order valence-corrected chi connectivity index (χ4v) is 0.582. The summed E-state index contributed by atoms with van der Waals surface area (Å²) in [7, 11) is 0. The summed E-state index contributed by atoms with van der Waals surface area (Å²) in [6.07, 6.45) is 1.62. The second-order valence-electron chi connectivity index (χ2n) is 3.37. The molecule has 0 heterocycles. The van der Waals surface area contributed by atoms with Crippen LogP contribution in [0.25, 0.3) is 0 Å². The Balaban J connectivity index is 0. The van der Waals surface area contributed by atoms with Crippen molar-refractivity contribution < 1.29 is 28.7 Å². The van der Waals surface area contributed by atoms with Gasteiger partial charge in [0, 0.05) is 6.61 Å². The van der Waals surface area contributed by atoms with Gasteiger partial charge in [-0.15, -0.1) is 6.61 Å². The Kier molecular flexibility index (Phi) is 9.18. The van der Waals surface area contributed by atoms with Crippen LogP contribution >= 0.6 is 0 Å². The molecule has 0 unspecified atom stereocenters. The predicted molar refractivity (Wildman–Crippen MR) is 39.8 cm³/mol. The summed E-state index contributed by atoms with van der Waals surface area (Å²) < 4.78 is 5.39. The van der Waals surface area contributed by atoms with Crippen LogP contribution in [0.3, 0.4) is 0 Å². The molecule has 2 nitrogen and oxygen atoms in total. The van der Waals surface area contributed by atoms with Gasteiger partial charge >= 0.3 is 18.9 Å². The Bertz CT molecular complexity index is 78.7. The van der Waals surface area contributed by atoms with E-state index in [4.69, 9.17) is 4.74 Å². The Morgan fingerprint density at radius 2 is 1.73 bits per heavy atom. The van der Waals surface area contributed by atoms with E-state index < -0.39 is 0 Å². The van der Waals surface area contributed by atoms with Crippen molar-refractivity contribution in [2.45, 2.75) is 39.2 Å². The van der Waals surface area contributed by atoms with E-state index in [9.17, 15) is 5.11 Å². The molecule has 0 amide bonds. The number of hydrogen-bond donors (Lipinski definition) is 0. The molecule has 0 aromatic carbocycles. The summed E-state index contributed by atoms with van der Waals surface area (Å²) in [6.45, 7) is 6.79. The molecule has 0 atom stereocenters. The predicted octanol–water partition coefficient (Wildman–Crippen LogP) is -2.05. The van der Waals surface area contributed by atoms with Crippen LogP contribution in [-0.4, -0.2) is 18.8 Å². The zero-order chi connectivity index (χ0) is 8.04.